The number of ether oxygens (including phenoxy) is 1. The molecule has 3 heteroatoms. The van der Waals surface area contributed by atoms with Gasteiger partial charge < -0.3 is 9.64 Å². The Balaban J connectivity index is 1.73. The Kier molecular flexibility index (Phi) is 3.14. The molecular formula is C22H18N2O. The maximum Gasteiger partial charge on any atom is 0.204 e. The molecule has 3 aromatic rings. The summed E-state index contributed by atoms with van der Waals surface area (Å²) in [4.78, 5) is 7.10. The molecule has 2 aliphatic rings. The van der Waals surface area contributed by atoms with E-state index < -0.39 is 0 Å². The van der Waals surface area contributed by atoms with Crippen LogP contribution < -0.4 is 9.64 Å². The van der Waals surface area contributed by atoms with Gasteiger partial charge in [0.2, 0.25) is 5.88 Å². The summed E-state index contributed by atoms with van der Waals surface area (Å²) in [5.41, 5.74) is 5.55. The van der Waals surface area contributed by atoms with Crippen LogP contribution in [-0.4, -0.2) is 11.5 Å². The van der Waals surface area contributed by atoms with Crippen LogP contribution in [0.3, 0.4) is 0 Å². The number of hydrogen-bond donors (Lipinski definition) is 0. The number of aromatic nitrogens is 1. The van der Waals surface area contributed by atoms with Gasteiger partial charge in [0.25, 0.3) is 0 Å². The van der Waals surface area contributed by atoms with Crippen LogP contribution in [0.25, 0.3) is 22.6 Å². The monoisotopic (exact) mass is 326 g/mol. The minimum absolute atomic E-state index is 0.854. The normalized spacial score (nSPS) is 18.2. The predicted molar refractivity (Wildman–Crippen MR) is 102 cm³/mol. The molecule has 2 heterocycles. The molecule has 0 saturated heterocycles. The van der Waals surface area contributed by atoms with Crippen LogP contribution in [0.4, 0.5) is 5.69 Å². The van der Waals surface area contributed by atoms with E-state index in [0.29, 0.717) is 0 Å². The van der Waals surface area contributed by atoms with Crippen molar-refractivity contribution in [3.05, 3.63) is 77.8 Å². The zero-order valence-corrected chi connectivity index (χ0v) is 14.1. The van der Waals surface area contributed by atoms with Crippen molar-refractivity contribution in [2.75, 3.05) is 11.4 Å². The third kappa shape index (κ3) is 2.16. The molecule has 3 nitrogen and oxygen atoms in total. The summed E-state index contributed by atoms with van der Waals surface area (Å²) in [5.74, 6) is 1.86. The van der Waals surface area contributed by atoms with Gasteiger partial charge in [-0.15, -0.1) is 0 Å². The number of para-hydroxylation sites is 3. The van der Waals surface area contributed by atoms with Crippen LogP contribution in [0.2, 0.25) is 0 Å². The van der Waals surface area contributed by atoms with E-state index in [9.17, 15) is 0 Å². The highest BCUT2D eigenvalue weighted by molar-refractivity contribution is 5.90. The Bertz CT molecular complexity index is 1050. The van der Waals surface area contributed by atoms with Crippen molar-refractivity contribution in [2.24, 2.45) is 0 Å². The lowest BCUT2D eigenvalue weighted by Gasteiger charge is -2.22. The molecule has 122 valence electrons. The van der Waals surface area contributed by atoms with Crippen LogP contribution in [0.5, 0.6) is 5.75 Å². The highest BCUT2D eigenvalue weighted by Crippen LogP contribution is 2.43. The van der Waals surface area contributed by atoms with Gasteiger partial charge in [0.05, 0.1) is 16.9 Å². The van der Waals surface area contributed by atoms with Crippen molar-refractivity contribution in [3.63, 3.8) is 0 Å². The first-order chi connectivity index (χ1) is 12.3. The van der Waals surface area contributed by atoms with Crippen molar-refractivity contribution in [3.8, 4) is 5.75 Å². The number of anilines is 1. The SMILES string of the molecule is CCN1C(=C2CC=Cc3nc4ccccc4cc32)Oc2ccccc21. The van der Waals surface area contributed by atoms with Crippen LogP contribution >= 0.6 is 0 Å². The Labute approximate surface area is 146 Å². The molecule has 0 amide bonds. The van der Waals surface area contributed by atoms with Gasteiger partial charge in [0.1, 0.15) is 0 Å². The smallest absolute Gasteiger partial charge is 0.204 e. The summed E-state index contributed by atoms with van der Waals surface area (Å²) in [6.45, 7) is 3.03. The van der Waals surface area contributed by atoms with Gasteiger partial charge in [-0.1, -0.05) is 36.4 Å². The topological polar surface area (TPSA) is 25.4 Å². The van der Waals surface area contributed by atoms with E-state index in [4.69, 9.17) is 9.72 Å². The molecule has 0 bridgehead atoms. The molecule has 0 radical (unpaired) electrons. The highest BCUT2D eigenvalue weighted by atomic mass is 16.5. The summed E-state index contributed by atoms with van der Waals surface area (Å²) in [6, 6.07) is 18.7. The van der Waals surface area contributed by atoms with E-state index in [0.717, 1.165) is 46.9 Å². The summed E-state index contributed by atoms with van der Waals surface area (Å²) < 4.78 is 6.26. The number of pyridine rings is 1. The van der Waals surface area contributed by atoms with Crippen molar-refractivity contribution in [1.82, 2.24) is 4.98 Å². The summed E-state index contributed by atoms with van der Waals surface area (Å²) in [5, 5.41) is 1.16. The summed E-state index contributed by atoms with van der Waals surface area (Å²) in [7, 11) is 0. The fraction of sp³-hybridized carbons (Fsp3) is 0.136. The van der Waals surface area contributed by atoms with E-state index >= 15 is 0 Å². The zero-order valence-electron chi connectivity index (χ0n) is 14.1. The second-order valence-corrected chi connectivity index (χ2v) is 6.32. The van der Waals surface area contributed by atoms with Crippen molar-refractivity contribution < 1.29 is 4.74 Å². The molecule has 0 N–H and O–H groups in total. The minimum Gasteiger partial charge on any atom is -0.438 e. The maximum absolute atomic E-state index is 6.26. The molecule has 1 aliphatic heterocycles. The van der Waals surface area contributed by atoms with E-state index in [1.807, 2.05) is 18.2 Å². The van der Waals surface area contributed by atoms with Gasteiger partial charge in [0.15, 0.2) is 5.75 Å². The Hall–Kier alpha value is -3.07. The Morgan fingerprint density at radius 2 is 1.92 bits per heavy atom. The van der Waals surface area contributed by atoms with Crippen LogP contribution in [0.15, 0.2) is 66.6 Å². The molecule has 5 rings (SSSR count). The fourth-order valence-electron chi connectivity index (χ4n) is 3.67. The highest BCUT2D eigenvalue weighted by Gasteiger charge is 2.29. The number of hydrogen-bond acceptors (Lipinski definition) is 3. The third-order valence-corrected chi connectivity index (χ3v) is 4.86. The van der Waals surface area contributed by atoms with Crippen LogP contribution in [-0.2, 0) is 0 Å². The van der Waals surface area contributed by atoms with E-state index in [2.05, 4.69) is 60.4 Å². The molecule has 25 heavy (non-hydrogen) atoms. The van der Waals surface area contributed by atoms with E-state index in [1.54, 1.807) is 0 Å². The van der Waals surface area contributed by atoms with Gasteiger partial charge in [0, 0.05) is 23.1 Å². The Morgan fingerprint density at radius 1 is 1.08 bits per heavy atom. The van der Waals surface area contributed by atoms with Crippen molar-refractivity contribution in [2.45, 2.75) is 13.3 Å². The summed E-state index contributed by atoms with van der Waals surface area (Å²) >= 11 is 0. The largest absolute Gasteiger partial charge is 0.438 e. The lowest BCUT2D eigenvalue weighted by Crippen LogP contribution is -2.21. The number of nitrogens with zero attached hydrogens (tertiary/aromatic N) is 2. The second-order valence-electron chi connectivity index (χ2n) is 6.32. The fourth-order valence-corrected chi connectivity index (χ4v) is 3.67. The average Bonchev–Trinajstić information content (AvgIpc) is 3.04. The standard InChI is InChI=1S/C22H18N2O/c1-2-24-20-12-5-6-13-21(20)25-22(24)16-9-7-11-19-17(16)14-15-8-3-4-10-18(15)23-19/h3-8,10-14H,2,9H2,1H3. The number of rotatable bonds is 1. The first-order valence-electron chi connectivity index (χ1n) is 8.69. The molecule has 1 aromatic heterocycles. The van der Waals surface area contributed by atoms with Crippen LogP contribution in [0, 0.1) is 0 Å². The number of benzene rings is 2. The minimum atomic E-state index is 0.854. The van der Waals surface area contributed by atoms with Gasteiger partial charge in [-0.25, -0.2) is 4.98 Å². The van der Waals surface area contributed by atoms with E-state index in [-0.39, 0.29) is 0 Å². The van der Waals surface area contributed by atoms with Crippen molar-refractivity contribution >= 4 is 28.2 Å². The molecule has 0 atom stereocenters. The number of allylic oxidation sites excluding steroid dienone is 2. The van der Waals surface area contributed by atoms with Gasteiger partial charge in [-0.05, 0) is 43.7 Å². The first-order valence-corrected chi connectivity index (χ1v) is 8.69. The van der Waals surface area contributed by atoms with E-state index in [1.165, 1.54) is 11.1 Å². The zero-order chi connectivity index (χ0) is 16.8. The average molecular weight is 326 g/mol. The summed E-state index contributed by atoms with van der Waals surface area (Å²) in [6.07, 6.45) is 5.14. The lowest BCUT2D eigenvalue weighted by atomic mass is 9.94. The molecule has 0 fully saturated rings. The Morgan fingerprint density at radius 3 is 2.84 bits per heavy atom. The molecule has 0 saturated carbocycles. The number of fused-ring (bicyclic) bond motifs is 3. The van der Waals surface area contributed by atoms with Gasteiger partial charge in [-0.2, -0.15) is 0 Å². The molecular weight excluding hydrogens is 308 g/mol. The molecule has 0 spiro atoms. The first kappa shape index (κ1) is 14.3. The molecule has 0 unspecified atom stereocenters. The third-order valence-electron chi connectivity index (χ3n) is 4.86. The van der Waals surface area contributed by atoms with Gasteiger partial charge >= 0.3 is 0 Å². The maximum atomic E-state index is 6.26. The van der Waals surface area contributed by atoms with Crippen molar-refractivity contribution in [1.29, 1.82) is 0 Å². The second kappa shape index (κ2) is 5.49. The van der Waals surface area contributed by atoms with Gasteiger partial charge in [-0.3, -0.25) is 0 Å². The lowest BCUT2D eigenvalue weighted by molar-refractivity contribution is 0.441. The quantitative estimate of drug-likeness (QED) is 0.611. The van der Waals surface area contributed by atoms with Crippen LogP contribution in [0.1, 0.15) is 24.6 Å². The molecule has 2 aromatic carbocycles. The predicted octanol–water partition coefficient (Wildman–Crippen LogP) is 5.24. The molecule has 1 aliphatic carbocycles.